The number of carbonyl (C=O) groups excluding carboxylic acids is 3. The van der Waals surface area contributed by atoms with Crippen LogP contribution in [-0.4, -0.2) is 52.4 Å². The van der Waals surface area contributed by atoms with Crippen molar-refractivity contribution in [2.45, 2.75) is 19.3 Å². The van der Waals surface area contributed by atoms with Gasteiger partial charge in [0.05, 0.1) is 35.6 Å². The van der Waals surface area contributed by atoms with Gasteiger partial charge in [-0.1, -0.05) is 18.2 Å². The number of cyclic esters (lactones) is 1. The molecule has 1 atom stereocenters. The molecule has 168 valence electrons. The van der Waals surface area contributed by atoms with Crippen molar-refractivity contribution in [3.8, 4) is 11.4 Å². The van der Waals surface area contributed by atoms with E-state index in [1.807, 2.05) is 30.3 Å². The minimum Gasteiger partial charge on any atom is -0.458 e. The largest absolute Gasteiger partial charge is 0.458 e. The SMILES string of the molecule is CN(CC(=O)OC1C(=O)OCc2c1cc1n(c2=O)Cc2cc3ccccc3nc2-1)C(=O)CN. The van der Waals surface area contributed by atoms with Gasteiger partial charge in [-0.05, 0) is 18.2 Å². The second kappa shape index (κ2) is 7.82. The van der Waals surface area contributed by atoms with Gasteiger partial charge in [-0.25, -0.2) is 9.78 Å². The van der Waals surface area contributed by atoms with Gasteiger partial charge in [0.2, 0.25) is 12.0 Å². The molecular formula is C23H20N4O6. The molecule has 10 heteroatoms. The second-order valence-electron chi connectivity index (χ2n) is 7.98. The van der Waals surface area contributed by atoms with Crippen LogP contribution in [0.2, 0.25) is 0 Å². The molecule has 5 rings (SSSR count). The van der Waals surface area contributed by atoms with E-state index in [0.29, 0.717) is 17.9 Å². The fourth-order valence-corrected chi connectivity index (χ4v) is 4.18. The second-order valence-corrected chi connectivity index (χ2v) is 7.98. The van der Waals surface area contributed by atoms with Gasteiger partial charge >= 0.3 is 11.9 Å². The maximum absolute atomic E-state index is 13.2. The monoisotopic (exact) mass is 448 g/mol. The van der Waals surface area contributed by atoms with Crippen LogP contribution < -0.4 is 11.3 Å². The van der Waals surface area contributed by atoms with Crippen molar-refractivity contribution in [1.29, 1.82) is 0 Å². The smallest absolute Gasteiger partial charge is 0.352 e. The number of pyridine rings is 2. The number of aromatic nitrogens is 2. The molecule has 0 fully saturated rings. The lowest BCUT2D eigenvalue weighted by molar-refractivity contribution is -0.172. The Kier molecular flexibility index (Phi) is 4.94. The lowest BCUT2D eigenvalue weighted by atomic mass is 10.00. The molecule has 2 N–H and O–H groups in total. The Balaban J connectivity index is 1.54. The Morgan fingerprint density at radius 2 is 2.06 bits per heavy atom. The van der Waals surface area contributed by atoms with E-state index in [-0.39, 0.29) is 29.8 Å². The van der Waals surface area contributed by atoms with Gasteiger partial charge in [-0.15, -0.1) is 0 Å². The molecule has 2 aliphatic rings. The molecule has 0 bridgehead atoms. The van der Waals surface area contributed by atoms with E-state index >= 15 is 0 Å². The zero-order valence-electron chi connectivity index (χ0n) is 17.7. The fourth-order valence-electron chi connectivity index (χ4n) is 4.18. The first kappa shape index (κ1) is 20.8. The number of likely N-dealkylation sites (N-methyl/N-ethyl adjacent to an activating group) is 1. The molecule has 0 radical (unpaired) electrons. The van der Waals surface area contributed by atoms with Gasteiger partial charge in [0.15, 0.2) is 0 Å². The summed E-state index contributed by atoms with van der Waals surface area (Å²) in [6.45, 7) is -0.519. The van der Waals surface area contributed by atoms with Gasteiger partial charge in [0.25, 0.3) is 5.56 Å². The quantitative estimate of drug-likeness (QED) is 0.446. The van der Waals surface area contributed by atoms with Crippen LogP contribution in [0.25, 0.3) is 22.3 Å². The highest BCUT2D eigenvalue weighted by Crippen LogP contribution is 2.36. The summed E-state index contributed by atoms with van der Waals surface area (Å²) in [5.41, 5.74) is 8.35. The van der Waals surface area contributed by atoms with Crippen LogP contribution in [-0.2, 0) is 37.0 Å². The van der Waals surface area contributed by atoms with E-state index in [1.54, 1.807) is 10.6 Å². The number of amides is 1. The number of esters is 2. The number of para-hydroxylation sites is 1. The van der Waals surface area contributed by atoms with E-state index in [9.17, 15) is 19.2 Å². The lowest BCUT2D eigenvalue weighted by Crippen LogP contribution is -2.39. The van der Waals surface area contributed by atoms with Gasteiger partial charge in [0, 0.05) is 23.6 Å². The normalized spacial score (nSPS) is 15.9. The average molecular weight is 448 g/mol. The van der Waals surface area contributed by atoms with Crippen LogP contribution >= 0.6 is 0 Å². The Hall–Kier alpha value is -4.05. The summed E-state index contributed by atoms with van der Waals surface area (Å²) in [6.07, 6.45) is -1.41. The third-order valence-electron chi connectivity index (χ3n) is 5.88. The number of nitrogens with two attached hydrogens (primary N) is 1. The third kappa shape index (κ3) is 3.44. The summed E-state index contributed by atoms with van der Waals surface area (Å²) in [5, 5.41) is 0.961. The molecule has 0 saturated heterocycles. The number of rotatable bonds is 4. The Morgan fingerprint density at radius 1 is 1.27 bits per heavy atom. The highest BCUT2D eigenvalue weighted by molar-refractivity contribution is 5.87. The summed E-state index contributed by atoms with van der Waals surface area (Å²) < 4.78 is 12.1. The fraction of sp³-hybridized carbons (Fsp3) is 0.261. The molecule has 33 heavy (non-hydrogen) atoms. The first-order valence-corrected chi connectivity index (χ1v) is 10.3. The van der Waals surface area contributed by atoms with Crippen LogP contribution in [0.3, 0.4) is 0 Å². The zero-order chi connectivity index (χ0) is 23.3. The van der Waals surface area contributed by atoms with E-state index in [4.69, 9.17) is 20.2 Å². The van der Waals surface area contributed by atoms with Gasteiger partial charge in [-0.2, -0.15) is 0 Å². The molecule has 0 spiro atoms. The molecule has 0 aliphatic carbocycles. The van der Waals surface area contributed by atoms with E-state index in [1.165, 1.54) is 7.05 Å². The molecule has 0 saturated carbocycles. The first-order valence-electron chi connectivity index (χ1n) is 10.3. The summed E-state index contributed by atoms with van der Waals surface area (Å²) >= 11 is 0. The Bertz CT molecular complexity index is 1400. The number of hydrogen-bond acceptors (Lipinski definition) is 8. The van der Waals surface area contributed by atoms with Crippen LogP contribution in [0.4, 0.5) is 0 Å². The van der Waals surface area contributed by atoms with Gasteiger partial charge in [0.1, 0.15) is 13.2 Å². The number of ether oxygens (including phenoxy) is 2. The number of carbonyl (C=O) groups is 3. The van der Waals surface area contributed by atoms with Crippen molar-refractivity contribution >= 4 is 28.7 Å². The number of hydrogen-bond donors (Lipinski definition) is 1. The lowest BCUT2D eigenvalue weighted by Gasteiger charge is -2.25. The molecule has 3 aromatic rings. The molecule has 10 nitrogen and oxygen atoms in total. The van der Waals surface area contributed by atoms with Gasteiger partial charge < -0.3 is 24.7 Å². The van der Waals surface area contributed by atoms with Crippen molar-refractivity contribution in [2.75, 3.05) is 20.1 Å². The summed E-state index contributed by atoms with van der Waals surface area (Å²) in [4.78, 5) is 55.6. The number of fused-ring (bicyclic) bond motifs is 5. The predicted octanol–water partition coefficient (Wildman–Crippen LogP) is 0.483. The minimum atomic E-state index is -1.41. The molecule has 2 aliphatic heterocycles. The first-order chi connectivity index (χ1) is 15.9. The summed E-state index contributed by atoms with van der Waals surface area (Å²) in [6, 6.07) is 11.3. The van der Waals surface area contributed by atoms with Crippen molar-refractivity contribution in [1.82, 2.24) is 14.5 Å². The van der Waals surface area contributed by atoms with E-state index in [2.05, 4.69) is 0 Å². The molecule has 1 aromatic carbocycles. The highest BCUT2D eigenvalue weighted by atomic mass is 16.6. The van der Waals surface area contributed by atoms with Crippen LogP contribution in [0.1, 0.15) is 22.8 Å². The van der Waals surface area contributed by atoms with Crippen LogP contribution in [0.15, 0.2) is 41.2 Å². The number of nitrogens with zero attached hydrogens (tertiary/aromatic N) is 3. The average Bonchev–Trinajstić information content (AvgIpc) is 3.16. The summed E-state index contributed by atoms with van der Waals surface area (Å²) in [7, 11) is 1.40. The number of benzene rings is 1. The standard InChI is InChI=1S/C23H20N4O6/c1-26(18(28)8-24)10-19(29)33-21-14-7-17-20-13(6-12-4-2-3-5-16(12)25-20)9-27(17)22(30)15(14)11-32-23(21)31/h2-7,21H,8-11,24H2,1H3. The van der Waals surface area contributed by atoms with Crippen molar-refractivity contribution in [3.63, 3.8) is 0 Å². The zero-order valence-corrected chi connectivity index (χ0v) is 17.7. The predicted molar refractivity (Wildman–Crippen MR) is 116 cm³/mol. The molecule has 2 aromatic heterocycles. The van der Waals surface area contributed by atoms with Crippen molar-refractivity contribution in [3.05, 3.63) is 63.4 Å². The van der Waals surface area contributed by atoms with Crippen LogP contribution in [0, 0.1) is 0 Å². The molecule has 1 amide bonds. The highest BCUT2D eigenvalue weighted by Gasteiger charge is 2.37. The Morgan fingerprint density at radius 3 is 2.85 bits per heavy atom. The maximum Gasteiger partial charge on any atom is 0.352 e. The molecule has 1 unspecified atom stereocenters. The van der Waals surface area contributed by atoms with E-state index in [0.717, 1.165) is 21.4 Å². The Labute approximate surface area is 187 Å². The maximum atomic E-state index is 13.2. The molecular weight excluding hydrogens is 428 g/mol. The molecule has 4 heterocycles. The summed E-state index contributed by atoms with van der Waals surface area (Å²) in [5.74, 6) is -2.05. The third-order valence-corrected chi connectivity index (χ3v) is 5.88. The van der Waals surface area contributed by atoms with Crippen LogP contribution in [0.5, 0.6) is 0 Å². The van der Waals surface area contributed by atoms with E-state index < -0.39 is 30.5 Å². The van der Waals surface area contributed by atoms with Gasteiger partial charge in [-0.3, -0.25) is 14.4 Å². The van der Waals surface area contributed by atoms with Crippen molar-refractivity contribution in [2.24, 2.45) is 5.73 Å². The minimum absolute atomic E-state index is 0.210. The topological polar surface area (TPSA) is 134 Å². The van der Waals surface area contributed by atoms with Crippen molar-refractivity contribution < 1.29 is 23.9 Å².